The molecule has 0 atom stereocenters. The normalized spacial score (nSPS) is 12.3. The molecule has 0 unspecified atom stereocenters. The molecular weight excluding hydrogens is 104 g/mol. The van der Waals surface area contributed by atoms with Gasteiger partial charge in [-0.25, -0.2) is 0 Å². The summed E-state index contributed by atoms with van der Waals surface area (Å²) in [6.07, 6.45) is 2.04. The highest BCUT2D eigenvalue weighted by Gasteiger charge is 1.72. The van der Waals surface area contributed by atoms with Crippen LogP contribution in [0.5, 0.6) is 0 Å². The van der Waals surface area contributed by atoms with E-state index in [0.29, 0.717) is 0 Å². The fourth-order valence-electron chi connectivity index (χ4n) is 0.282. The summed E-state index contributed by atoms with van der Waals surface area (Å²) in [4.78, 5) is 0. The molecule has 0 aromatic carbocycles. The highest BCUT2D eigenvalue weighted by molar-refractivity contribution is 6.34. The molecule has 0 radical (unpaired) electrons. The van der Waals surface area contributed by atoms with E-state index in [1.54, 1.807) is 0 Å². The monoisotopic (exact) mass is 116 g/mol. The summed E-state index contributed by atoms with van der Waals surface area (Å²) >= 11 is 0. The Kier molecular flexibility index (Phi) is 5.85. The molecule has 0 bridgehead atoms. The van der Waals surface area contributed by atoms with Crippen molar-refractivity contribution >= 4 is 9.76 Å². The van der Waals surface area contributed by atoms with Gasteiger partial charge < -0.3 is 4.43 Å². The Labute approximate surface area is 47.3 Å². The third-order valence-corrected chi connectivity index (χ3v) is 1.96. The molecule has 0 spiro atoms. The molecular formula is C5H12OSi. The third kappa shape index (κ3) is 5.92. The van der Waals surface area contributed by atoms with Crippen LogP contribution in [0.25, 0.3) is 0 Å². The molecule has 0 saturated heterocycles. The average Bonchev–Trinajstić information content (AvgIpc) is 1.69. The molecule has 1 nitrogen and oxygen atoms in total. The zero-order valence-electron chi connectivity index (χ0n) is 4.98. The minimum absolute atomic E-state index is 0.269. The summed E-state index contributed by atoms with van der Waals surface area (Å²) in [6, 6.07) is 0. The fourth-order valence-corrected chi connectivity index (χ4v) is 0.846. The zero-order chi connectivity index (χ0) is 5.54. The first-order valence-electron chi connectivity index (χ1n) is 2.60. The van der Waals surface area contributed by atoms with Crippen molar-refractivity contribution in [3.63, 3.8) is 0 Å². The van der Waals surface area contributed by atoms with E-state index in [0.717, 1.165) is 6.61 Å². The Balaban J connectivity index is 2.69. The summed E-state index contributed by atoms with van der Waals surface area (Å²) in [6.45, 7) is 4.92. The largest absolute Gasteiger partial charge is 0.419 e. The van der Waals surface area contributed by atoms with Crippen molar-refractivity contribution in [3.8, 4) is 0 Å². The Hall–Kier alpha value is -0.0831. The molecule has 0 aromatic rings. The van der Waals surface area contributed by atoms with Crippen LogP contribution in [0, 0.1) is 0 Å². The lowest BCUT2D eigenvalue weighted by atomic mass is 10.8. The fraction of sp³-hybridized carbons (Fsp3) is 0.600. The van der Waals surface area contributed by atoms with Crippen molar-refractivity contribution in [1.82, 2.24) is 0 Å². The van der Waals surface area contributed by atoms with E-state index in [4.69, 9.17) is 4.43 Å². The Bertz CT molecular complexity index is 52.0. The van der Waals surface area contributed by atoms with Crippen LogP contribution in [-0.4, -0.2) is 16.4 Å². The second kappa shape index (κ2) is 5.92. The van der Waals surface area contributed by atoms with Crippen molar-refractivity contribution in [2.75, 3.05) is 6.61 Å². The van der Waals surface area contributed by atoms with Crippen LogP contribution in [0.1, 0.15) is 13.8 Å². The first kappa shape index (κ1) is 6.92. The van der Waals surface area contributed by atoms with Gasteiger partial charge in [-0.2, -0.15) is 0 Å². The summed E-state index contributed by atoms with van der Waals surface area (Å²) in [7, 11) is -0.269. The molecule has 0 aromatic heterocycles. The van der Waals surface area contributed by atoms with E-state index >= 15 is 0 Å². The zero-order valence-corrected chi connectivity index (χ0v) is 6.39. The van der Waals surface area contributed by atoms with Crippen molar-refractivity contribution in [2.45, 2.75) is 13.8 Å². The molecule has 0 N–H and O–H groups in total. The smallest absolute Gasteiger partial charge is 0.184 e. The lowest BCUT2D eigenvalue weighted by Crippen LogP contribution is -1.92. The van der Waals surface area contributed by atoms with Crippen molar-refractivity contribution < 1.29 is 4.43 Å². The molecule has 42 valence electrons. The van der Waals surface area contributed by atoms with Crippen LogP contribution in [0.2, 0.25) is 0 Å². The second-order valence-electron chi connectivity index (χ2n) is 1.23. The number of hydrogen-bond acceptors (Lipinski definition) is 1. The van der Waals surface area contributed by atoms with Gasteiger partial charge in [0.05, 0.1) is 0 Å². The predicted molar refractivity (Wildman–Crippen MR) is 35.0 cm³/mol. The molecule has 0 fully saturated rings. The van der Waals surface area contributed by atoms with Gasteiger partial charge in [0.25, 0.3) is 0 Å². The van der Waals surface area contributed by atoms with Crippen molar-refractivity contribution in [3.05, 3.63) is 11.8 Å². The van der Waals surface area contributed by atoms with Gasteiger partial charge in [0, 0.05) is 6.61 Å². The van der Waals surface area contributed by atoms with E-state index in [2.05, 4.69) is 5.70 Å². The lowest BCUT2D eigenvalue weighted by Gasteiger charge is -1.88. The summed E-state index contributed by atoms with van der Waals surface area (Å²) in [5.41, 5.74) is 2.13. The molecule has 0 aliphatic rings. The maximum absolute atomic E-state index is 5.13. The van der Waals surface area contributed by atoms with E-state index < -0.39 is 0 Å². The van der Waals surface area contributed by atoms with Gasteiger partial charge in [0.2, 0.25) is 0 Å². The first-order chi connectivity index (χ1) is 3.41. The maximum Gasteiger partial charge on any atom is 0.184 e. The van der Waals surface area contributed by atoms with Crippen LogP contribution in [-0.2, 0) is 4.43 Å². The van der Waals surface area contributed by atoms with Gasteiger partial charge in [-0.15, -0.1) is 0 Å². The molecule has 0 aliphatic carbocycles. The molecule has 0 saturated carbocycles. The molecule has 0 amide bonds. The Morgan fingerprint density at radius 2 is 2.43 bits per heavy atom. The van der Waals surface area contributed by atoms with Crippen molar-refractivity contribution in [2.24, 2.45) is 0 Å². The summed E-state index contributed by atoms with van der Waals surface area (Å²) < 4.78 is 5.13. The third-order valence-electron chi connectivity index (χ3n) is 0.654. The van der Waals surface area contributed by atoms with Crippen LogP contribution >= 0.6 is 0 Å². The maximum atomic E-state index is 5.13. The van der Waals surface area contributed by atoms with E-state index in [9.17, 15) is 0 Å². The predicted octanol–water partition coefficient (Wildman–Crippen LogP) is 0.640. The highest BCUT2D eigenvalue weighted by atomic mass is 28.2. The SMILES string of the molecule is CC=C[SiH2]OCC. The topological polar surface area (TPSA) is 9.23 Å². The van der Waals surface area contributed by atoms with Gasteiger partial charge in [0.1, 0.15) is 0 Å². The quantitative estimate of drug-likeness (QED) is 0.388. The van der Waals surface area contributed by atoms with Crippen LogP contribution in [0.3, 0.4) is 0 Å². The molecule has 0 aliphatic heterocycles. The van der Waals surface area contributed by atoms with Crippen LogP contribution in [0.15, 0.2) is 11.8 Å². The number of hydrogen-bond donors (Lipinski definition) is 0. The van der Waals surface area contributed by atoms with Gasteiger partial charge in [-0.05, 0) is 13.8 Å². The molecule has 0 rings (SSSR count). The number of rotatable bonds is 3. The minimum atomic E-state index is -0.269. The van der Waals surface area contributed by atoms with E-state index in [-0.39, 0.29) is 9.76 Å². The second-order valence-corrected chi connectivity index (χ2v) is 2.44. The van der Waals surface area contributed by atoms with Gasteiger partial charge in [-0.1, -0.05) is 11.8 Å². The molecule has 7 heavy (non-hydrogen) atoms. The van der Waals surface area contributed by atoms with Gasteiger partial charge >= 0.3 is 0 Å². The molecule has 0 heterocycles. The Morgan fingerprint density at radius 3 is 2.86 bits per heavy atom. The van der Waals surface area contributed by atoms with Crippen LogP contribution in [0.4, 0.5) is 0 Å². The van der Waals surface area contributed by atoms with Gasteiger partial charge in [-0.3, -0.25) is 0 Å². The van der Waals surface area contributed by atoms with E-state index in [1.807, 2.05) is 19.9 Å². The standard InChI is InChI=1S/C5H12OSi/c1-3-5-7-6-4-2/h3,5H,4,7H2,1-2H3. The average molecular weight is 116 g/mol. The molecule has 2 heteroatoms. The number of allylic oxidation sites excluding steroid dienone is 1. The van der Waals surface area contributed by atoms with Gasteiger partial charge in [0.15, 0.2) is 9.76 Å². The van der Waals surface area contributed by atoms with Crippen molar-refractivity contribution in [1.29, 1.82) is 0 Å². The lowest BCUT2D eigenvalue weighted by molar-refractivity contribution is 0.366. The minimum Gasteiger partial charge on any atom is -0.419 e. The highest BCUT2D eigenvalue weighted by Crippen LogP contribution is 1.69. The van der Waals surface area contributed by atoms with E-state index in [1.165, 1.54) is 0 Å². The summed E-state index contributed by atoms with van der Waals surface area (Å²) in [5, 5.41) is 0. The summed E-state index contributed by atoms with van der Waals surface area (Å²) in [5.74, 6) is 0. The first-order valence-corrected chi connectivity index (χ1v) is 4.00. The van der Waals surface area contributed by atoms with Crippen LogP contribution < -0.4 is 0 Å². The Morgan fingerprint density at radius 1 is 1.71 bits per heavy atom.